The number of nitrogens with zero attached hydrogens (tertiary/aromatic N) is 2. The van der Waals surface area contributed by atoms with Crippen LogP contribution in [0.2, 0.25) is 0 Å². The lowest BCUT2D eigenvalue weighted by Gasteiger charge is -2.44. The number of hydrogen-bond acceptors (Lipinski definition) is 6. The molecule has 0 amide bonds. The van der Waals surface area contributed by atoms with Crippen LogP contribution in [0.3, 0.4) is 0 Å². The van der Waals surface area contributed by atoms with E-state index in [9.17, 15) is 9.50 Å². The summed E-state index contributed by atoms with van der Waals surface area (Å²) in [6.07, 6.45) is 0.737. The highest BCUT2D eigenvalue weighted by Crippen LogP contribution is 2.25. The van der Waals surface area contributed by atoms with Gasteiger partial charge in [-0.3, -0.25) is 9.80 Å². The van der Waals surface area contributed by atoms with Crippen LogP contribution < -0.4 is 4.74 Å². The van der Waals surface area contributed by atoms with Crippen molar-refractivity contribution in [3.63, 3.8) is 0 Å². The number of ether oxygens (including phenoxy) is 1. The van der Waals surface area contributed by atoms with Crippen molar-refractivity contribution in [3.8, 4) is 5.75 Å². The van der Waals surface area contributed by atoms with Crippen LogP contribution in [-0.4, -0.2) is 83.4 Å². The van der Waals surface area contributed by atoms with Crippen LogP contribution >= 0.6 is 23.5 Å². The van der Waals surface area contributed by atoms with Crippen LogP contribution in [0.15, 0.2) is 18.2 Å². The smallest absolute Gasteiger partial charge is 0.131 e. The van der Waals surface area contributed by atoms with E-state index in [0.717, 1.165) is 26.1 Å². The molecular weight excluding hydrogens is 371 g/mol. The largest absolute Gasteiger partial charge is 0.497 e. The Bertz CT molecular complexity index is 570. The maximum atomic E-state index is 14.3. The fraction of sp³-hybridized carbons (Fsp3) is 0.684. The number of rotatable bonds is 6. The molecule has 2 heterocycles. The van der Waals surface area contributed by atoms with E-state index < -0.39 is 0 Å². The molecule has 1 aromatic rings. The van der Waals surface area contributed by atoms with Gasteiger partial charge in [-0.05, 0) is 12.5 Å². The summed E-state index contributed by atoms with van der Waals surface area (Å²) in [4.78, 5) is 4.92. The number of halogens is 1. The van der Waals surface area contributed by atoms with Gasteiger partial charge in [-0.2, -0.15) is 23.5 Å². The van der Waals surface area contributed by atoms with Crippen LogP contribution in [0.4, 0.5) is 4.39 Å². The van der Waals surface area contributed by atoms with E-state index >= 15 is 0 Å². The molecule has 2 saturated heterocycles. The molecular formula is C19H29FN2O2S2. The molecule has 2 fully saturated rings. The second-order valence-electron chi connectivity index (χ2n) is 6.89. The quantitative estimate of drug-likeness (QED) is 0.791. The summed E-state index contributed by atoms with van der Waals surface area (Å²) in [5.74, 6) is 5.23. The lowest BCUT2D eigenvalue weighted by Crippen LogP contribution is -2.56. The summed E-state index contributed by atoms with van der Waals surface area (Å²) >= 11 is 4.11. The second-order valence-corrected chi connectivity index (χ2v) is 9.19. The minimum atomic E-state index is -0.217. The van der Waals surface area contributed by atoms with Crippen molar-refractivity contribution in [2.24, 2.45) is 0 Å². The van der Waals surface area contributed by atoms with Gasteiger partial charge in [0.1, 0.15) is 11.6 Å². The van der Waals surface area contributed by atoms with Gasteiger partial charge < -0.3 is 9.84 Å². The van der Waals surface area contributed by atoms with Crippen LogP contribution in [-0.2, 0) is 6.54 Å². The molecule has 0 unspecified atom stereocenters. The number of aliphatic hydroxyl groups excluding tert-OH is 1. The van der Waals surface area contributed by atoms with Crippen molar-refractivity contribution in [1.29, 1.82) is 0 Å². The van der Waals surface area contributed by atoms with Crippen LogP contribution in [0.25, 0.3) is 0 Å². The molecule has 2 aliphatic heterocycles. The van der Waals surface area contributed by atoms with Gasteiger partial charge in [-0.15, -0.1) is 0 Å². The Kier molecular flexibility index (Phi) is 7.93. The molecule has 2 aliphatic rings. The van der Waals surface area contributed by atoms with Crippen molar-refractivity contribution < 1.29 is 14.2 Å². The van der Waals surface area contributed by atoms with Crippen molar-refractivity contribution in [1.82, 2.24) is 9.80 Å². The van der Waals surface area contributed by atoms with Gasteiger partial charge >= 0.3 is 0 Å². The molecule has 7 heteroatoms. The average molecular weight is 401 g/mol. The average Bonchev–Trinajstić information content (AvgIpc) is 2.94. The van der Waals surface area contributed by atoms with Gasteiger partial charge in [-0.1, -0.05) is 6.07 Å². The van der Waals surface area contributed by atoms with Crippen molar-refractivity contribution in [3.05, 3.63) is 29.6 Å². The highest BCUT2D eigenvalue weighted by Gasteiger charge is 2.31. The van der Waals surface area contributed by atoms with Crippen LogP contribution in [0.5, 0.6) is 5.75 Å². The molecule has 0 aliphatic carbocycles. The first-order valence-corrected chi connectivity index (χ1v) is 11.6. The third-order valence-electron chi connectivity index (χ3n) is 5.24. The van der Waals surface area contributed by atoms with Gasteiger partial charge in [0.25, 0.3) is 0 Å². The van der Waals surface area contributed by atoms with Gasteiger partial charge in [0.05, 0.1) is 7.11 Å². The highest BCUT2D eigenvalue weighted by atomic mass is 32.2. The number of methoxy groups -OCH3 is 1. The first-order chi connectivity index (χ1) is 12.7. The second kappa shape index (κ2) is 10.2. The molecule has 0 spiro atoms. The third-order valence-corrected chi connectivity index (χ3v) is 7.73. The molecule has 1 aromatic carbocycles. The zero-order chi connectivity index (χ0) is 18.4. The molecule has 146 valence electrons. The maximum Gasteiger partial charge on any atom is 0.131 e. The number of hydrogen-bond donors (Lipinski definition) is 1. The molecule has 1 N–H and O–H groups in total. The summed E-state index contributed by atoms with van der Waals surface area (Å²) in [6, 6.07) is 5.97. The van der Waals surface area contributed by atoms with E-state index in [4.69, 9.17) is 4.74 Å². The van der Waals surface area contributed by atoms with Gasteiger partial charge in [-0.25, -0.2) is 4.39 Å². The Balaban J connectivity index is 1.64. The lowest BCUT2D eigenvalue weighted by molar-refractivity contribution is 0.0401. The monoisotopic (exact) mass is 400 g/mol. The van der Waals surface area contributed by atoms with Crippen LogP contribution in [0.1, 0.15) is 12.0 Å². The molecule has 0 bridgehead atoms. The first kappa shape index (κ1) is 20.3. The lowest BCUT2D eigenvalue weighted by atomic mass is 10.1. The van der Waals surface area contributed by atoms with Crippen molar-refractivity contribution >= 4 is 23.5 Å². The summed E-state index contributed by atoms with van der Waals surface area (Å²) in [7, 11) is 1.55. The molecule has 26 heavy (non-hydrogen) atoms. The Labute approximate surface area is 164 Å². The van der Waals surface area contributed by atoms with Crippen LogP contribution in [0, 0.1) is 5.82 Å². The van der Waals surface area contributed by atoms with E-state index in [2.05, 4.69) is 33.3 Å². The Morgan fingerprint density at radius 3 is 2.65 bits per heavy atom. The number of benzene rings is 1. The van der Waals surface area contributed by atoms with E-state index in [-0.39, 0.29) is 18.5 Å². The first-order valence-electron chi connectivity index (χ1n) is 9.28. The fourth-order valence-corrected chi connectivity index (χ4v) is 6.32. The fourth-order valence-electron chi connectivity index (χ4n) is 3.70. The van der Waals surface area contributed by atoms with E-state index in [0.29, 0.717) is 23.9 Å². The third kappa shape index (κ3) is 5.29. The number of aliphatic hydroxyl groups is 1. The molecule has 0 aromatic heterocycles. The predicted octanol–water partition coefficient (Wildman–Crippen LogP) is 2.55. The van der Waals surface area contributed by atoms with Gasteiger partial charge in [0, 0.05) is 79.5 Å². The SMILES string of the molecule is COc1ccc(CN2CCN(C3CSCCSC3)C[C@@H]2CCO)c(F)c1. The van der Waals surface area contributed by atoms with E-state index in [1.165, 1.54) is 29.1 Å². The van der Waals surface area contributed by atoms with Gasteiger partial charge in [0.15, 0.2) is 0 Å². The van der Waals surface area contributed by atoms with Gasteiger partial charge in [0.2, 0.25) is 0 Å². The summed E-state index contributed by atoms with van der Waals surface area (Å²) in [5.41, 5.74) is 0.697. The molecule has 4 nitrogen and oxygen atoms in total. The molecule has 0 radical (unpaired) electrons. The predicted molar refractivity (Wildman–Crippen MR) is 109 cm³/mol. The number of piperazine rings is 1. The Morgan fingerprint density at radius 2 is 2.00 bits per heavy atom. The summed E-state index contributed by atoms with van der Waals surface area (Å²) in [6.45, 7) is 3.66. The van der Waals surface area contributed by atoms with Crippen molar-refractivity contribution in [2.45, 2.75) is 25.0 Å². The molecule has 1 atom stereocenters. The minimum absolute atomic E-state index is 0.175. The zero-order valence-corrected chi connectivity index (χ0v) is 17.0. The highest BCUT2D eigenvalue weighted by molar-refractivity contribution is 8.03. The Morgan fingerprint density at radius 1 is 1.23 bits per heavy atom. The minimum Gasteiger partial charge on any atom is -0.497 e. The molecule has 0 saturated carbocycles. The normalized spacial score (nSPS) is 23.7. The van der Waals surface area contributed by atoms with Crippen molar-refractivity contribution in [2.75, 3.05) is 56.4 Å². The number of thioether (sulfide) groups is 2. The zero-order valence-electron chi connectivity index (χ0n) is 15.4. The topological polar surface area (TPSA) is 35.9 Å². The van der Waals surface area contributed by atoms with E-state index in [1.54, 1.807) is 7.11 Å². The standard InChI is InChI=1S/C19H29FN2O2S2/c1-24-18-3-2-15(19(20)10-18)11-21-5-6-22(12-16(21)4-7-23)17-13-25-8-9-26-14-17/h2-3,10,16-17,23H,4-9,11-14H2,1H3/t16-/m0/s1. The summed E-state index contributed by atoms with van der Waals surface area (Å²) in [5, 5.41) is 9.52. The van der Waals surface area contributed by atoms with E-state index in [1.807, 2.05) is 12.1 Å². The Hall–Kier alpha value is -0.470. The maximum absolute atomic E-state index is 14.3. The molecule has 3 rings (SSSR count). The summed E-state index contributed by atoms with van der Waals surface area (Å²) < 4.78 is 19.4.